The summed E-state index contributed by atoms with van der Waals surface area (Å²) in [6.07, 6.45) is 6.40. The number of hydrogen-bond donors (Lipinski definition) is 2. The van der Waals surface area contributed by atoms with Crippen molar-refractivity contribution in [3.8, 4) is 0 Å². The Morgan fingerprint density at radius 1 is 1.50 bits per heavy atom. The quantitative estimate of drug-likeness (QED) is 0.793. The second-order valence-electron chi connectivity index (χ2n) is 5.62. The van der Waals surface area contributed by atoms with Gasteiger partial charge in [-0.1, -0.05) is 19.3 Å². The highest BCUT2D eigenvalue weighted by molar-refractivity contribution is 7.09. The predicted octanol–water partition coefficient (Wildman–Crippen LogP) is 2.44. The first kappa shape index (κ1) is 15.4. The number of rotatable bonds is 6. The van der Waals surface area contributed by atoms with Gasteiger partial charge >= 0.3 is 0 Å². The van der Waals surface area contributed by atoms with Crippen LogP contribution in [0.4, 0.5) is 0 Å². The number of hydrogen-bond acceptors (Lipinski definition) is 4. The van der Waals surface area contributed by atoms with Gasteiger partial charge in [0.05, 0.1) is 5.01 Å². The molecule has 1 aliphatic carbocycles. The van der Waals surface area contributed by atoms with Crippen molar-refractivity contribution in [2.24, 2.45) is 5.92 Å². The first-order valence-electron chi connectivity index (χ1n) is 7.53. The number of aromatic nitrogens is 1. The van der Waals surface area contributed by atoms with Crippen molar-refractivity contribution in [2.75, 3.05) is 6.54 Å². The van der Waals surface area contributed by atoms with Gasteiger partial charge in [-0.05, 0) is 32.1 Å². The summed E-state index contributed by atoms with van der Waals surface area (Å²) in [5.41, 5.74) is 1.06. The lowest BCUT2D eigenvalue weighted by Crippen LogP contribution is -2.40. The fourth-order valence-electron chi connectivity index (χ4n) is 2.74. The number of thiazole rings is 1. The van der Waals surface area contributed by atoms with E-state index in [-0.39, 0.29) is 11.8 Å². The van der Waals surface area contributed by atoms with E-state index in [1.807, 2.05) is 12.3 Å². The van der Waals surface area contributed by atoms with Crippen LogP contribution in [-0.2, 0) is 11.2 Å². The summed E-state index contributed by atoms with van der Waals surface area (Å²) in [6, 6.07) is 0. The molecule has 1 aromatic rings. The number of aliphatic hydroxyl groups is 1. The van der Waals surface area contributed by atoms with Crippen molar-refractivity contribution in [1.29, 1.82) is 0 Å². The maximum atomic E-state index is 11.9. The Kier molecular flexibility index (Phi) is 5.98. The van der Waals surface area contributed by atoms with Crippen LogP contribution in [0.15, 0.2) is 5.38 Å². The molecule has 20 heavy (non-hydrogen) atoms. The summed E-state index contributed by atoms with van der Waals surface area (Å²) < 4.78 is 0. The van der Waals surface area contributed by atoms with Gasteiger partial charge in [-0.25, -0.2) is 4.98 Å². The van der Waals surface area contributed by atoms with Gasteiger partial charge in [0.15, 0.2) is 0 Å². The van der Waals surface area contributed by atoms with E-state index in [2.05, 4.69) is 10.3 Å². The van der Waals surface area contributed by atoms with Crippen LogP contribution in [0.25, 0.3) is 0 Å². The highest BCUT2D eigenvalue weighted by Gasteiger charge is 2.26. The monoisotopic (exact) mass is 296 g/mol. The lowest BCUT2D eigenvalue weighted by atomic mass is 9.85. The van der Waals surface area contributed by atoms with E-state index in [4.69, 9.17) is 0 Å². The van der Waals surface area contributed by atoms with Gasteiger partial charge < -0.3 is 10.4 Å². The molecule has 0 aliphatic heterocycles. The van der Waals surface area contributed by atoms with Crippen molar-refractivity contribution in [3.05, 3.63) is 16.1 Å². The molecule has 1 atom stereocenters. The summed E-state index contributed by atoms with van der Waals surface area (Å²) in [5, 5.41) is 16.0. The summed E-state index contributed by atoms with van der Waals surface area (Å²) >= 11 is 1.66. The molecule has 1 fully saturated rings. The van der Waals surface area contributed by atoms with Crippen molar-refractivity contribution >= 4 is 17.2 Å². The number of carbonyl (C=O) groups excluding carboxylic acids is 1. The van der Waals surface area contributed by atoms with Crippen LogP contribution in [-0.4, -0.2) is 28.6 Å². The third kappa shape index (κ3) is 4.56. The lowest BCUT2D eigenvalue weighted by Gasteiger charge is -2.25. The smallest absolute Gasteiger partial charge is 0.249 e. The third-order valence-corrected chi connectivity index (χ3v) is 4.92. The molecule has 0 spiro atoms. The zero-order chi connectivity index (χ0) is 14.4. The minimum atomic E-state index is -0.822. The zero-order valence-electron chi connectivity index (χ0n) is 12.1. The number of amides is 1. The Morgan fingerprint density at radius 2 is 2.25 bits per heavy atom. The van der Waals surface area contributed by atoms with Crippen LogP contribution < -0.4 is 5.32 Å². The lowest BCUT2D eigenvalue weighted by molar-refractivity contribution is -0.132. The molecule has 0 unspecified atom stereocenters. The highest BCUT2D eigenvalue weighted by Crippen LogP contribution is 2.26. The SMILES string of the molecule is Cc1csc(CCCNC(=O)[C@H](O)C2CCCCC2)n1. The summed E-state index contributed by atoms with van der Waals surface area (Å²) in [7, 11) is 0. The van der Waals surface area contributed by atoms with Gasteiger partial charge in [0.2, 0.25) is 5.91 Å². The van der Waals surface area contributed by atoms with E-state index in [9.17, 15) is 9.90 Å². The van der Waals surface area contributed by atoms with Crippen LogP contribution in [0.5, 0.6) is 0 Å². The minimum Gasteiger partial charge on any atom is -0.383 e. The molecule has 4 nitrogen and oxygen atoms in total. The first-order valence-corrected chi connectivity index (χ1v) is 8.41. The molecule has 1 aliphatic rings. The molecule has 1 amide bonds. The number of carbonyl (C=O) groups is 1. The van der Waals surface area contributed by atoms with Crippen molar-refractivity contribution in [2.45, 2.75) is 58.0 Å². The molecule has 0 bridgehead atoms. The maximum absolute atomic E-state index is 11.9. The van der Waals surface area contributed by atoms with Crippen LogP contribution in [0.2, 0.25) is 0 Å². The fourth-order valence-corrected chi connectivity index (χ4v) is 3.56. The van der Waals surface area contributed by atoms with E-state index < -0.39 is 6.10 Å². The van der Waals surface area contributed by atoms with Gasteiger partial charge in [-0.2, -0.15) is 0 Å². The molecule has 2 N–H and O–H groups in total. The molecule has 0 saturated heterocycles. The third-order valence-electron chi connectivity index (χ3n) is 3.90. The molecule has 5 heteroatoms. The average molecular weight is 296 g/mol. The molecule has 0 radical (unpaired) electrons. The zero-order valence-corrected chi connectivity index (χ0v) is 12.9. The molecule has 2 rings (SSSR count). The second kappa shape index (κ2) is 7.74. The van der Waals surface area contributed by atoms with E-state index >= 15 is 0 Å². The standard InChI is InChI=1S/C15H24N2O2S/c1-11-10-20-13(17-11)8-5-9-16-15(19)14(18)12-6-3-2-4-7-12/h10,12,14,18H,2-9H2,1H3,(H,16,19)/t14-/m1/s1. The van der Waals surface area contributed by atoms with Gasteiger partial charge in [0.1, 0.15) is 6.10 Å². The van der Waals surface area contributed by atoms with E-state index in [0.29, 0.717) is 6.54 Å². The number of aryl methyl sites for hydroxylation is 2. The number of aliphatic hydroxyl groups excluding tert-OH is 1. The molecule has 1 aromatic heterocycles. The number of nitrogens with zero attached hydrogens (tertiary/aromatic N) is 1. The van der Waals surface area contributed by atoms with Gasteiger partial charge in [-0.3, -0.25) is 4.79 Å². The topological polar surface area (TPSA) is 62.2 Å². The largest absolute Gasteiger partial charge is 0.383 e. The fraction of sp³-hybridized carbons (Fsp3) is 0.733. The van der Waals surface area contributed by atoms with Crippen molar-refractivity contribution < 1.29 is 9.90 Å². The molecule has 1 saturated carbocycles. The number of nitrogens with one attached hydrogen (secondary N) is 1. The van der Waals surface area contributed by atoms with E-state index in [1.165, 1.54) is 6.42 Å². The summed E-state index contributed by atoms with van der Waals surface area (Å²) in [4.78, 5) is 16.3. The van der Waals surface area contributed by atoms with Crippen LogP contribution >= 0.6 is 11.3 Å². The minimum absolute atomic E-state index is 0.158. The Balaban J connectivity index is 1.64. The summed E-state index contributed by atoms with van der Waals surface area (Å²) in [5.74, 6) is -0.0439. The molecular weight excluding hydrogens is 272 g/mol. The molecule has 112 valence electrons. The second-order valence-corrected chi connectivity index (χ2v) is 6.56. The molecular formula is C15H24N2O2S. The Morgan fingerprint density at radius 3 is 2.90 bits per heavy atom. The van der Waals surface area contributed by atoms with Crippen molar-refractivity contribution in [3.63, 3.8) is 0 Å². The maximum Gasteiger partial charge on any atom is 0.249 e. The van der Waals surface area contributed by atoms with Gasteiger partial charge in [0.25, 0.3) is 0 Å². The van der Waals surface area contributed by atoms with Crippen LogP contribution in [0, 0.1) is 12.8 Å². The van der Waals surface area contributed by atoms with Crippen LogP contribution in [0.3, 0.4) is 0 Å². The predicted molar refractivity (Wildman–Crippen MR) is 80.8 cm³/mol. The highest BCUT2D eigenvalue weighted by atomic mass is 32.1. The van der Waals surface area contributed by atoms with Crippen LogP contribution in [0.1, 0.15) is 49.2 Å². The average Bonchev–Trinajstić information content (AvgIpc) is 2.89. The van der Waals surface area contributed by atoms with Crippen molar-refractivity contribution in [1.82, 2.24) is 10.3 Å². The first-order chi connectivity index (χ1) is 9.66. The molecule has 0 aromatic carbocycles. The summed E-state index contributed by atoms with van der Waals surface area (Å²) in [6.45, 7) is 2.60. The van der Waals surface area contributed by atoms with Gasteiger partial charge in [-0.15, -0.1) is 11.3 Å². The molecule has 1 heterocycles. The Hall–Kier alpha value is -0.940. The normalized spacial score (nSPS) is 17.9. The van der Waals surface area contributed by atoms with E-state index in [1.54, 1.807) is 11.3 Å². The Bertz CT molecular complexity index is 427. The van der Waals surface area contributed by atoms with E-state index in [0.717, 1.165) is 49.2 Å². The Labute approximate surface area is 124 Å². The van der Waals surface area contributed by atoms with Gasteiger partial charge in [0, 0.05) is 24.0 Å².